The number of fused-ring (bicyclic) bond motifs is 1. The summed E-state index contributed by atoms with van der Waals surface area (Å²) < 4.78 is 5.29. The number of hydrogen-bond acceptors (Lipinski definition) is 5. The maximum absolute atomic E-state index is 12.8. The number of imide groups is 1. The summed E-state index contributed by atoms with van der Waals surface area (Å²) in [5, 5.41) is 3.02. The third-order valence-electron chi connectivity index (χ3n) is 6.15. The minimum Gasteiger partial charge on any atom is -0.496 e. The molecule has 8 heteroatoms. The highest BCUT2D eigenvalue weighted by molar-refractivity contribution is 6.21. The van der Waals surface area contributed by atoms with E-state index in [1.54, 1.807) is 48.4 Å². The number of ether oxygens (including phenoxy) is 1. The van der Waals surface area contributed by atoms with Crippen molar-refractivity contribution in [2.75, 3.05) is 26.7 Å². The Hall–Kier alpha value is -3.68. The van der Waals surface area contributed by atoms with E-state index in [2.05, 4.69) is 5.32 Å². The number of carbonyl (C=O) groups excluding carboxylic acids is 4. The van der Waals surface area contributed by atoms with Gasteiger partial charge in [-0.05, 0) is 43.5 Å². The van der Waals surface area contributed by atoms with Gasteiger partial charge in [-0.15, -0.1) is 0 Å². The second kappa shape index (κ2) is 9.85. The average molecular weight is 450 g/mol. The molecule has 0 unspecified atom stereocenters. The van der Waals surface area contributed by atoms with Crippen LogP contribution in [0.5, 0.6) is 5.75 Å². The van der Waals surface area contributed by atoms with E-state index in [0.717, 1.165) is 0 Å². The first kappa shape index (κ1) is 22.5. The van der Waals surface area contributed by atoms with Gasteiger partial charge < -0.3 is 15.0 Å². The first-order valence-electron chi connectivity index (χ1n) is 11.2. The van der Waals surface area contributed by atoms with Gasteiger partial charge in [0.2, 0.25) is 5.91 Å². The number of carbonyl (C=O) groups is 4. The highest BCUT2D eigenvalue weighted by Gasteiger charge is 2.34. The summed E-state index contributed by atoms with van der Waals surface area (Å²) in [7, 11) is 1.54. The van der Waals surface area contributed by atoms with Crippen LogP contribution in [-0.4, -0.2) is 66.2 Å². The van der Waals surface area contributed by atoms with Gasteiger partial charge in [-0.25, -0.2) is 0 Å². The Morgan fingerprint density at radius 1 is 0.970 bits per heavy atom. The van der Waals surface area contributed by atoms with Crippen LogP contribution in [0, 0.1) is 0 Å². The van der Waals surface area contributed by atoms with Crippen LogP contribution in [0.1, 0.15) is 56.8 Å². The summed E-state index contributed by atoms with van der Waals surface area (Å²) in [6.45, 7) is 1.32. The number of amides is 4. The minimum atomic E-state index is -0.303. The van der Waals surface area contributed by atoms with Crippen molar-refractivity contribution in [2.45, 2.75) is 31.7 Å². The zero-order valence-corrected chi connectivity index (χ0v) is 18.6. The zero-order chi connectivity index (χ0) is 23.4. The Kier molecular flexibility index (Phi) is 6.72. The van der Waals surface area contributed by atoms with Crippen molar-refractivity contribution in [2.24, 2.45) is 0 Å². The van der Waals surface area contributed by atoms with Crippen LogP contribution in [0.25, 0.3) is 0 Å². The molecule has 0 bridgehead atoms. The lowest BCUT2D eigenvalue weighted by Crippen LogP contribution is -2.46. The highest BCUT2D eigenvalue weighted by Crippen LogP contribution is 2.23. The molecule has 0 spiro atoms. The number of rotatable bonds is 7. The van der Waals surface area contributed by atoms with Crippen LogP contribution < -0.4 is 10.1 Å². The molecule has 2 aliphatic heterocycles. The van der Waals surface area contributed by atoms with Crippen LogP contribution in [0.4, 0.5) is 0 Å². The molecule has 8 nitrogen and oxygen atoms in total. The van der Waals surface area contributed by atoms with Crippen LogP contribution in [0.2, 0.25) is 0 Å². The Morgan fingerprint density at radius 3 is 2.21 bits per heavy atom. The normalized spacial score (nSPS) is 16.0. The van der Waals surface area contributed by atoms with Crippen molar-refractivity contribution in [1.29, 1.82) is 0 Å². The molecule has 4 amide bonds. The van der Waals surface area contributed by atoms with Crippen molar-refractivity contribution in [1.82, 2.24) is 15.1 Å². The lowest BCUT2D eigenvalue weighted by Gasteiger charge is -2.32. The van der Waals surface area contributed by atoms with E-state index in [0.29, 0.717) is 54.8 Å². The molecule has 2 aromatic carbocycles. The number of para-hydroxylation sites is 1. The lowest BCUT2D eigenvalue weighted by molar-refractivity contribution is -0.122. The number of likely N-dealkylation sites (tertiary alicyclic amines) is 1. The third kappa shape index (κ3) is 4.74. The lowest BCUT2D eigenvalue weighted by atomic mass is 10.0. The van der Waals surface area contributed by atoms with E-state index in [-0.39, 0.29) is 42.6 Å². The van der Waals surface area contributed by atoms with Gasteiger partial charge in [0.05, 0.1) is 23.8 Å². The summed E-state index contributed by atoms with van der Waals surface area (Å²) in [5.74, 6) is -0.235. The van der Waals surface area contributed by atoms with E-state index in [1.165, 1.54) is 4.90 Å². The molecule has 1 fully saturated rings. The highest BCUT2D eigenvalue weighted by atomic mass is 16.5. The summed E-state index contributed by atoms with van der Waals surface area (Å²) >= 11 is 0. The fraction of sp³-hybridized carbons (Fsp3) is 0.360. The predicted molar refractivity (Wildman–Crippen MR) is 121 cm³/mol. The fourth-order valence-electron chi connectivity index (χ4n) is 4.36. The molecule has 0 radical (unpaired) electrons. The standard InChI is InChI=1S/C25H27N3O5/c1-33-21-10-5-4-9-20(21)23(30)27-15-12-17(13-16-27)26-22(29)11-6-14-28-24(31)18-7-2-3-8-19(18)25(28)32/h2-5,7-10,17H,6,11-16H2,1H3,(H,26,29). The van der Waals surface area contributed by atoms with Gasteiger partial charge in [-0.3, -0.25) is 24.1 Å². The van der Waals surface area contributed by atoms with Gasteiger partial charge in [0.25, 0.3) is 17.7 Å². The minimum absolute atomic E-state index is 0.00137. The van der Waals surface area contributed by atoms with Crippen LogP contribution in [-0.2, 0) is 4.79 Å². The number of piperidine rings is 1. The molecule has 2 aromatic rings. The van der Waals surface area contributed by atoms with Gasteiger partial charge in [-0.1, -0.05) is 24.3 Å². The number of benzene rings is 2. The molecule has 4 rings (SSSR count). The van der Waals surface area contributed by atoms with E-state index in [1.807, 2.05) is 12.1 Å². The van der Waals surface area contributed by atoms with Crippen molar-refractivity contribution < 1.29 is 23.9 Å². The maximum Gasteiger partial charge on any atom is 0.261 e. The summed E-state index contributed by atoms with van der Waals surface area (Å²) in [4.78, 5) is 53.0. The molecule has 1 N–H and O–H groups in total. The molecule has 0 aliphatic carbocycles. The number of nitrogens with zero attached hydrogens (tertiary/aromatic N) is 2. The number of nitrogens with one attached hydrogen (secondary N) is 1. The van der Waals surface area contributed by atoms with E-state index in [4.69, 9.17) is 4.74 Å². The van der Waals surface area contributed by atoms with Gasteiger partial charge >= 0.3 is 0 Å². The van der Waals surface area contributed by atoms with Crippen LogP contribution in [0.3, 0.4) is 0 Å². The molecule has 33 heavy (non-hydrogen) atoms. The molecular formula is C25H27N3O5. The first-order valence-corrected chi connectivity index (χ1v) is 11.2. The summed E-state index contributed by atoms with van der Waals surface area (Å²) in [6, 6.07) is 13.9. The molecule has 2 heterocycles. The molecule has 1 saturated heterocycles. The Morgan fingerprint density at radius 2 is 1.58 bits per heavy atom. The Labute approximate surface area is 192 Å². The largest absolute Gasteiger partial charge is 0.496 e. The Bertz CT molecular complexity index is 1040. The fourth-order valence-corrected chi connectivity index (χ4v) is 4.36. The van der Waals surface area contributed by atoms with Crippen molar-refractivity contribution in [3.05, 3.63) is 65.2 Å². The predicted octanol–water partition coefficient (Wildman–Crippen LogP) is 2.49. The smallest absolute Gasteiger partial charge is 0.261 e. The van der Waals surface area contributed by atoms with Crippen LogP contribution >= 0.6 is 0 Å². The third-order valence-corrected chi connectivity index (χ3v) is 6.15. The van der Waals surface area contributed by atoms with Gasteiger partial charge in [0.15, 0.2) is 0 Å². The van der Waals surface area contributed by atoms with Crippen molar-refractivity contribution in [3.8, 4) is 5.75 Å². The summed E-state index contributed by atoms with van der Waals surface area (Å²) in [6.07, 6.45) is 1.98. The Balaban J connectivity index is 1.21. The van der Waals surface area contributed by atoms with E-state index >= 15 is 0 Å². The van der Waals surface area contributed by atoms with Gasteiger partial charge in [0.1, 0.15) is 5.75 Å². The maximum atomic E-state index is 12.8. The monoisotopic (exact) mass is 449 g/mol. The zero-order valence-electron chi connectivity index (χ0n) is 18.6. The molecule has 0 saturated carbocycles. The average Bonchev–Trinajstić information content (AvgIpc) is 3.09. The van der Waals surface area contributed by atoms with Gasteiger partial charge in [-0.2, -0.15) is 0 Å². The van der Waals surface area contributed by atoms with Crippen molar-refractivity contribution in [3.63, 3.8) is 0 Å². The van der Waals surface area contributed by atoms with Crippen molar-refractivity contribution >= 4 is 23.6 Å². The first-order chi connectivity index (χ1) is 16.0. The molecule has 0 aromatic heterocycles. The van der Waals surface area contributed by atoms with E-state index in [9.17, 15) is 19.2 Å². The van der Waals surface area contributed by atoms with Gasteiger partial charge in [0, 0.05) is 32.1 Å². The number of hydrogen-bond donors (Lipinski definition) is 1. The molecule has 0 atom stereocenters. The molecule has 172 valence electrons. The molecular weight excluding hydrogens is 422 g/mol. The second-order valence-electron chi connectivity index (χ2n) is 8.25. The SMILES string of the molecule is COc1ccccc1C(=O)N1CCC(NC(=O)CCCN2C(=O)c3ccccc3C2=O)CC1. The number of methoxy groups -OCH3 is 1. The van der Waals surface area contributed by atoms with Crippen LogP contribution in [0.15, 0.2) is 48.5 Å². The topological polar surface area (TPSA) is 96.0 Å². The molecule has 2 aliphatic rings. The quantitative estimate of drug-likeness (QED) is 0.656. The summed E-state index contributed by atoms with van der Waals surface area (Å²) in [5.41, 5.74) is 1.37. The van der Waals surface area contributed by atoms with E-state index < -0.39 is 0 Å². The second-order valence-corrected chi connectivity index (χ2v) is 8.25.